The molecule has 8 aromatic heterocycles. The van der Waals surface area contributed by atoms with Gasteiger partial charge >= 0.3 is 335 Å². The van der Waals surface area contributed by atoms with E-state index in [4.69, 9.17) is 38.5 Å². The molecule has 0 fully saturated rings. The van der Waals surface area contributed by atoms with Gasteiger partial charge in [0.05, 0.1) is 17.0 Å². The van der Waals surface area contributed by atoms with E-state index in [1.807, 2.05) is 128 Å². The number of halogens is 1. The number of rotatable bonds is 14. The molecular weight excluding hydrogens is 1830 g/mol. The molecule has 0 aliphatic carbocycles. The van der Waals surface area contributed by atoms with Crippen LogP contribution in [-0.4, -0.2) is 61.4 Å². The summed E-state index contributed by atoms with van der Waals surface area (Å²) in [7, 11) is 0. The van der Waals surface area contributed by atoms with Gasteiger partial charge in [-0.2, -0.15) is 0 Å². The zero-order valence-corrected chi connectivity index (χ0v) is 69.5. The van der Waals surface area contributed by atoms with E-state index in [0.717, 1.165) is 36.7 Å². The Hall–Kier alpha value is -10.3. The van der Waals surface area contributed by atoms with Crippen molar-refractivity contribution < 1.29 is 78.1 Å². The minimum Gasteiger partial charge on any atom is -0.483 e. The van der Waals surface area contributed by atoms with Crippen molar-refractivity contribution in [3.8, 4) is 67.3 Å². The van der Waals surface area contributed by atoms with Gasteiger partial charge < -0.3 is 23.8 Å². The largest absolute Gasteiger partial charge is 0.483 e. The number of aromatic nitrogens is 7. The number of benzene rings is 9. The summed E-state index contributed by atoms with van der Waals surface area (Å²) in [5.41, 5.74) is 12.0. The van der Waals surface area contributed by atoms with Crippen LogP contribution in [0.4, 0.5) is 4.39 Å². The third-order valence-electron chi connectivity index (χ3n) is 17.6. The van der Waals surface area contributed by atoms with Crippen molar-refractivity contribution >= 4 is 79.6 Å². The second-order valence-corrected chi connectivity index (χ2v) is 48.6. The zero-order valence-electron chi connectivity index (χ0n) is 78.5. The molecule has 9 aromatic carbocycles. The summed E-state index contributed by atoms with van der Waals surface area (Å²) in [5, 5.41) is 1.65. The van der Waals surface area contributed by atoms with E-state index in [-0.39, 0.29) is 74.0 Å². The van der Waals surface area contributed by atoms with Gasteiger partial charge in [-0.25, -0.2) is 14.4 Å². The normalized spacial score (nSPS) is 14.5. The number of furan rings is 2. The van der Waals surface area contributed by atoms with E-state index in [2.05, 4.69) is 107 Å². The molecule has 550 valence electrons. The average Bonchev–Trinajstić information content (AvgIpc) is 1.53. The van der Waals surface area contributed by atoms with Crippen LogP contribution in [0.15, 0.2) is 288 Å². The third kappa shape index (κ3) is 19.3. The Labute approximate surface area is 701 Å². The summed E-state index contributed by atoms with van der Waals surface area (Å²) in [6.07, 6.45) is 4.74. The molecule has 14 heteroatoms. The Bertz CT molecular complexity index is 6810. The van der Waals surface area contributed by atoms with E-state index in [0.29, 0.717) is 100 Å². The molecule has 110 heavy (non-hydrogen) atoms. The van der Waals surface area contributed by atoms with Crippen LogP contribution < -0.4 is 8.79 Å². The predicted octanol–water partition coefficient (Wildman–Crippen LogP) is 22.7. The maximum absolute atomic E-state index is 13.7. The number of hydrogen-bond donors (Lipinski definition) is 0. The molecule has 0 saturated heterocycles. The number of hydrogen-bond acceptors (Lipinski definition) is 9. The zero-order chi connectivity index (χ0) is 90.3. The molecule has 0 amide bonds. The van der Waals surface area contributed by atoms with Crippen molar-refractivity contribution in [1.29, 1.82) is 0 Å². The number of nitrogens with zero attached hydrogens (tertiary/aromatic N) is 7. The fourth-order valence-corrected chi connectivity index (χ4v) is 18.0. The van der Waals surface area contributed by atoms with E-state index in [1.54, 1.807) is 97.3 Å². The van der Waals surface area contributed by atoms with Gasteiger partial charge in [-0.1, -0.05) is 72.8 Å². The van der Waals surface area contributed by atoms with E-state index in [1.165, 1.54) is 36.5 Å². The van der Waals surface area contributed by atoms with Crippen molar-refractivity contribution in [3.05, 3.63) is 366 Å². The summed E-state index contributed by atoms with van der Waals surface area (Å²) in [4.78, 5) is 30.5. The minimum atomic E-state index is -2.82. The molecule has 0 saturated carbocycles. The Morgan fingerprint density at radius 3 is 1.58 bits per heavy atom. The SMILES string of the molecule is [2H]C([2H])([2H])c1c[c-]c(-c2cc(C([2H])([2H])c3ccccc3)[c]([Ge]([CH3])([CH3])[CH3])cn2)cc1.[2H]C([2H])([2H])c1cc(-c2[c-]cc3oc4nc(C([2H])([2H])[2H])c(C([2H])([2H])[2H])nc4c3c2)ncc1-c1ccccc1.[2H]C([2H])(c1ccccc1)c1cc(-c2[c-]ccc(-c3ccccc3)c2)nc[c]1[Ge]([CH3])([CH3])[CH3].[2H]C([2H])(c1ccccc1)c1ccnc(-c2[c-]nc3oc4ccc(F)cc4c3c2)c1.[Ir].[Ir]. The summed E-state index contributed by atoms with van der Waals surface area (Å²) >= 11 is -4.79. The van der Waals surface area contributed by atoms with Crippen LogP contribution in [-0.2, 0) is 59.3 Å². The summed E-state index contributed by atoms with van der Waals surface area (Å²) in [6, 6.07) is 84.7. The van der Waals surface area contributed by atoms with Crippen LogP contribution in [0.2, 0.25) is 34.5 Å². The summed E-state index contributed by atoms with van der Waals surface area (Å²) < 4.78 is 173. The predicted molar refractivity (Wildman–Crippen MR) is 445 cm³/mol. The monoisotopic (exact) mass is 1940 g/mol. The van der Waals surface area contributed by atoms with Gasteiger partial charge in [0.15, 0.2) is 0 Å². The first-order valence-corrected chi connectivity index (χ1v) is 49.5. The number of aryl methyl sites for hydroxylation is 4. The first-order chi connectivity index (χ1) is 59.4. The second kappa shape index (κ2) is 35.6. The second-order valence-electron chi connectivity index (χ2n) is 27.5. The van der Waals surface area contributed by atoms with E-state index < -0.39 is 84.4 Å². The van der Waals surface area contributed by atoms with Gasteiger partial charge in [-0.05, 0) is 102 Å². The maximum Gasteiger partial charge on any atom is 0.141 e. The standard InChI is InChI=1S/C27H26GeN.C24H18N3O.C23H14FN2O.C22H24GeN.2Ir/c1-28(2,3)26-20-29-27(19-25(26)17-21-11-6-4-7-12-21)24-16-10-15-23(18-24)22-13-8-5-9-14-22;1-14-11-21(25-13-20(14)17-7-5-4-6-8-17)18-9-10-22-19(12-18)23-24(28-22)27-16(3)15(2)26-23;24-18-6-7-22-19(13-18)20-12-17(14-26-23(20)27-22)21-11-16(8-9-25-21)10-15-4-2-1-3-5-15;1-17-10-12-19(13-11-17)22-15-20(14-18-8-6-5-7-9-18)21(16-24-22)23(2,3)4;;/h4-15,18-20H,17H2,1-3H3;4-8,10-13H,1-3H3;1-9,11-13H,10H2;5-12,15-16H,14H2,1-4H3;;/q4*-1;;/i17D2;1D3,2D3,3D3;10D2;1D3,14D2;;. The first-order valence-electron chi connectivity index (χ1n) is 43.8. The molecule has 0 bridgehead atoms. The minimum absolute atomic E-state index is 0. The van der Waals surface area contributed by atoms with Crippen LogP contribution in [0.1, 0.15) is 80.6 Å². The van der Waals surface area contributed by atoms with E-state index >= 15 is 0 Å². The van der Waals surface area contributed by atoms with Crippen LogP contribution >= 0.6 is 0 Å². The first kappa shape index (κ1) is 58.7. The van der Waals surface area contributed by atoms with Gasteiger partial charge in [0.2, 0.25) is 5.71 Å². The fourth-order valence-electron chi connectivity index (χ4n) is 12.1. The molecule has 0 unspecified atom stereocenters. The maximum atomic E-state index is 13.7. The van der Waals surface area contributed by atoms with Crippen molar-refractivity contribution in [2.45, 2.75) is 81.1 Å². The molecule has 0 N–H and O–H groups in total. The summed E-state index contributed by atoms with van der Waals surface area (Å²) in [5.74, 6) is 13.1. The van der Waals surface area contributed by atoms with Gasteiger partial charge in [0, 0.05) is 78.6 Å². The summed E-state index contributed by atoms with van der Waals surface area (Å²) in [6.45, 7) is -10.2. The Morgan fingerprint density at radius 2 is 0.973 bits per heavy atom. The van der Waals surface area contributed by atoms with Crippen molar-refractivity contribution in [2.75, 3.05) is 0 Å². The quantitative estimate of drug-likeness (QED) is 0.0775. The van der Waals surface area contributed by atoms with Gasteiger partial charge in [0.1, 0.15) is 22.6 Å². The molecule has 0 spiro atoms. The van der Waals surface area contributed by atoms with Crippen LogP contribution in [0.25, 0.3) is 112 Å². The average molecular weight is 1930 g/mol. The fraction of sp³-hybridized carbons (Fsp3) is 0.135. The topological polar surface area (TPSA) is 117 Å². The van der Waals surface area contributed by atoms with Crippen LogP contribution in [0.3, 0.4) is 0 Å². The third-order valence-corrected chi connectivity index (χ3v) is 26.1. The van der Waals surface area contributed by atoms with Crippen LogP contribution in [0.5, 0.6) is 0 Å². The van der Waals surface area contributed by atoms with Crippen molar-refractivity contribution in [1.82, 2.24) is 34.9 Å². The molecule has 17 aromatic rings. The molecule has 0 aliphatic rings. The Morgan fingerprint density at radius 1 is 0.418 bits per heavy atom. The molecule has 0 aliphatic heterocycles. The van der Waals surface area contributed by atoms with Gasteiger partial charge in [-0.15, -0.1) is 35.4 Å². The smallest absolute Gasteiger partial charge is 0.141 e. The molecule has 17 rings (SSSR count). The van der Waals surface area contributed by atoms with Crippen molar-refractivity contribution in [2.24, 2.45) is 0 Å². The number of fused-ring (bicyclic) bond motifs is 6. The molecule has 8 heterocycles. The van der Waals surface area contributed by atoms with Crippen LogP contribution in [0, 0.1) is 57.6 Å². The van der Waals surface area contributed by atoms with Crippen molar-refractivity contribution in [3.63, 3.8) is 0 Å². The molecule has 2 radical (unpaired) electrons. The Kier molecular flexibility index (Phi) is 19.0. The molecule has 0 atom stereocenters. The van der Waals surface area contributed by atoms with Gasteiger partial charge in [-0.3, -0.25) is 0 Å². The Balaban J connectivity index is 0.000000155. The molecule has 9 nitrogen and oxygen atoms in total. The number of pyridine rings is 5. The molecular formula is C96H82FGe2Ir2N7O2-4. The van der Waals surface area contributed by atoms with E-state index in [9.17, 15) is 4.39 Å². The van der Waals surface area contributed by atoms with Gasteiger partial charge in [0.25, 0.3) is 0 Å².